The van der Waals surface area contributed by atoms with Crippen molar-refractivity contribution in [3.05, 3.63) is 34.6 Å². The molecule has 0 fully saturated rings. The normalized spacial score (nSPS) is 13.2. The molecule has 0 heterocycles. The standard InChI is InChI=1S/C10H15ClFN3/c1-15(2)14-10(6-13)7-3-4-8(11)9(12)5-7/h3-5,10,14H,6,13H2,1-2H3. The molecule has 0 aliphatic rings. The average molecular weight is 232 g/mol. The third-order valence-corrected chi connectivity index (χ3v) is 2.30. The Bertz CT molecular complexity index is 330. The van der Waals surface area contributed by atoms with E-state index in [1.54, 1.807) is 11.1 Å². The van der Waals surface area contributed by atoms with Crippen molar-refractivity contribution in [1.82, 2.24) is 10.4 Å². The van der Waals surface area contributed by atoms with Crippen LogP contribution in [0.4, 0.5) is 4.39 Å². The van der Waals surface area contributed by atoms with E-state index in [4.69, 9.17) is 17.3 Å². The molecule has 1 aromatic rings. The van der Waals surface area contributed by atoms with Crippen LogP contribution in [0.2, 0.25) is 5.02 Å². The summed E-state index contributed by atoms with van der Waals surface area (Å²) in [5.41, 5.74) is 9.47. The maximum atomic E-state index is 13.2. The van der Waals surface area contributed by atoms with Gasteiger partial charge in [0.2, 0.25) is 0 Å². The van der Waals surface area contributed by atoms with Crippen LogP contribution in [0.1, 0.15) is 11.6 Å². The van der Waals surface area contributed by atoms with Crippen molar-refractivity contribution in [3.63, 3.8) is 0 Å². The Hall–Kier alpha value is -0.680. The molecule has 5 heteroatoms. The molecule has 0 saturated heterocycles. The number of halogens is 2. The molecular weight excluding hydrogens is 217 g/mol. The van der Waals surface area contributed by atoms with Gasteiger partial charge >= 0.3 is 0 Å². The Morgan fingerprint density at radius 1 is 1.53 bits per heavy atom. The van der Waals surface area contributed by atoms with Crippen molar-refractivity contribution in [2.24, 2.45) is 5.73 Å². The van der Waals surface area contributed by atoms with Gasteiger partial charge in [-0.05, 0) is 17.7 Å². The van der Waals surface area contributed by atoms with Gasteiger partial charge < -0.3 is 5.73 Å². The van der Waals surface area contributed by atoms with Crippen molar-refractivity contribution in [3.8, 4) is 0 Å². The first kappa shape index (κ1) is 12.4. The van der Waals surface area contributed by atoms with Crippen LogP contribution in [-0.2, 0) is 0 Å². The third-order valence-electron chi connectivity index (χ3n) is 2.00. The van der Waals surface area contributed by atoms with Crippen molar-refractivity contribution < 1.29 is 4.39 Å². The monoisotopic (exact) mass is 231 g/mol. The number of benzene rings is 1. The molecule has 1 atom stereocenters. The Kier molecular flexibility index (Phi) is 4.47. The van der Waals surface area contributed by atoms with Crippen LogP contribution in [-0.4, -0.2) is 25.6 Å². The first-order valence-corrected chi connectivity index (χ1v) is 5.01. The fourth-order valence-electron chi connectivity index (χ4n) is 1.30. The van der Waals surface area contributed by atoms with Crippen molar-refractivity contribution in [2.75, 3.05) is 20.6 Å². The zero-order valence-corrected chi connectivity index (χ0v) is 9.55. The van der Waals surface area contributed by atoms with E-state index < -0.39 is 5.82 Å². The summed E-state index contributed by atoms with van der Waals surface area (Å²) in [7, 11) is 3.71. The summed E-state index contributed by atoms with van der Waals surface area (Å²) in [4.78, 5) is 0. The molecule has 0 aliphatic carbocycles. The van der Waals surface area contributed by atoms with E-state index in [9.17, 15) is 4.39 Å². The minimum Gasteiger partial charge on any atom is -0.329 e. The molecule has 0 bridgehead atoms. The highest BCUT2D eigenvalue weighted by Gasteiger charge is 2.11. The summed E-state index contributed by atoms with van der Waals surface area (Å²) < 4.78 is 13.2. The van der Waals surface area contributed by atoms with E-state index in [0.29, 0.717) is 6.54 Å². The summed E-state index contributed by atoms with van der Waals surface area (Å²) in [6.07, 6.45) is 0. The molecule has 0 spiro atoms. The van der Waals surface area contributed by atoms with E-state index >= 15 is 0 Å². The third kappa shape index (κ3) is 3.43. The van der Waals surface area contributed by atoms with Crippen LogP contribution in [0.3, 0.4) is 0 Å². The molecule has 0 radical (unpaired) electrons. The van der Waals surface area contributed by atoms with Crippen molar-refractivity contribution in [2.45, 2.75) is 6.04 Å². The molecule has 15 heavy (non-hydrogen) atoms. The molecule has 0 saturated carbocycles. The lowest BCUT2D eigenvalue weighted by atomic mass is 10.1. The Labute approximate surface area is 94.0 Å². The summed E-state index contributed by atoms with van der Waals surface area (Å²) >= 11 is 5.60. The van der Waals surface area contributed by atoms with Crippen LogP contribution in [0.25, 0.3) is 0 Å². The second kappa shape index (κ2) is 5.42. The van der Waals surface area contributed by atoms with Gasteiger partial charge in [0.05, 0.1) is 11.1 Å². The lowest BCUT2D eigenvalue weighted by Crippen LogP contribution is -2.38. The van der Waals surface area contributed by atoms with E-state index in [1.807, 2.05) is 14.1 Å². The van der Waals surface area contributed by atoms with Crippen molar-refractivity contribution in [1.29, 1.82) is 0 Å². The summed E-state index contributed by atoms with van der Waals surface area (Å²) in [5, 5.41) is 1.91. The predicted molar refractivity (Wildman–Crippen MR) is 60.0 cm³/mol. The highest BCUT2D eigenvalue weighted by Crippen LogP contribution is 2.19. The first-order chi connectivity index (χ1) is 7.04. The van der Waals surface area contributed by atoms with Gasteiger partial charge in [-0.15, -0.1) is 0 Å². The summed E-state index contributed by atoms with van der Waals surface area (Å²) in [6, 6.07) is 4.59. The Morgan fingerprint density at radius 3 is 2.67 bits per heavy atom. The highest BCUT2D eigenvalue weighted by molar-refractivity contribution is 6.30. The van der Waals surface area contributed by atoms with Crippen LogP contribution < -0.4 is 11.2 Å². The molecular formula is C10H15ClFN3. The van der Waals surface area contributed by atoms with Crippen molar-refractivity contribution >= 4 is 11.6 Å². The van der Waals surface area contributed by atoms with Gasteiger partial charge in [0, 0.05) is 20.6 Å². The molecule has 1 unspecified atom stereocenters. The van der Waals surface area contributed by atoms with Gasteiger partial charge in [-0.3, -0.25) is 0 Å². The summed E-state index contributed by atoms with van der Waals surface area (Å²) in [6.45, 7) is 0.388. The molecule has 0 aromatic heterocycles. The van der Waals surface area contributed by atoms with Gasteiger partial charge in [0.15, 0.2) is 0 Å². The maximum absolute atomic E-state index is 13.2. The number of hydrogen-bond donors (Lipinski definition) is 2. The highest BCUT2D eigenvalue weighted by atomic mass is 35.5. The molecule has 0 amide bonds. The van der Waals surface area contributed by atoms with E-state index in [0.717, 1.165) is 5.56 Å². The second-order valence-corrected chi connectivity index (χ2v) is 3.89. The van der Waals surface area contributed by atoms with E-state index in [2.05, 4.69) is 5.43 Å². The Balaban J connectivity index is 2.87. The Morgan fingerprint density at radius 2 is 2.20 bits per heavy atom. The van der Waals surface area contributed by atoms with Crippen LogP contribution in [0.5, 0.6) is 0 Å². The van der Waals surface area contributed by atoms with Crippen LogP contribution in [0.15, 0.2) is 18.2 Å². The number of nitrogens with zero attached hydrogens (tertiary/aromatic N) is 1. The fraction of sp³-hybridized carbons (Fsp3) is 0.400. The fourth-order valence-corrected chi connectivity index (χ4v) is 1.42. The quantitative estimate of drug-likeness (QED) is 0.773. The molecule has 3 N–H and O–H groups in total. The number of nitrogens with two attached hydrogens (primary N) is 1. The van der Waals surface area contributed by atoms with Gasteiger partial charge in [0.1, 0.15) is 5.82 Å². The predicted octanol–water partition coefficient (Wildman–Crippen LogP) is 1.55. The number of rotatable bonds is 4. The first-order valence-electron chi connectivity index (χ1n) is 4.63. The van der Waals surface area contributed by atoms with Gasteiger partial charge in [-0.25, -0.2) is 14.8 Å². The zero-order valence-electron chi connectivity index (χ0n) is 8.80. The molecule has 0 aliphatic heterocycles. The van der Waals surface area contributed by atoms with E-state index in [1.165, 1.54) is 12.1 Å². The molecule has 1 aromatic carbocycles. The lowest BCUT2D eigenvalue weighted by molar-refractivity contribution is 0.245. The second-order valence-electron chi connectivity index (χ2n) is 3.49. The molecule has 3 nitrogen and oxygen atoms in total. The van der Waals surface area contributed by atoms with Gasteiger partial charge in [-0.2, -0.15) is 0 Å². The van der Waals surface area contributed by atoms with E-state index in [-0.39, 0.29) is 11.1 Å². The molecule has 84 valence electrons. The topological polar surface area (TPSA) is 41.3 Å². The van der Waals surface area contributed by atoms with Gasteiger partial charge in [-0.1, -0.05) is 17.7 Å². The smallest absolute Gasteiger partial charge is 0.142 e. The minimum absolute atomic E-state index is 0.105. The number of nitrogens with one attached hydrogen (secondary N) is 1. The molecule has 1 rings (SSSR count). The number of hydrogen-bond acceptors (Lipinski definition) is 3. The number of hydrazine groups is 1. The SMILES string of the molecule is CN(C)NC(CN)c1ccc(Cl)c(F)c1. The van der Waals surface area contributed by atoms with Gasteiger partial charge in [0.25, 0.3) is 0 Å². The average Bonchev–Trinajstić information content (AvgIpc) is 2.18. The summed E-state index contributed by atoms with van der Waals surface area (Å²) in [5.74, 6) is -0.423. The maximum Gasteiger partial charge on any atom is 0.142 e. The minimum atomic E-state index is -0.423. The zero-order chi connectivity index (χ0) is 11.4. The van der Waals surface area contributed by atoms with Crippen LogP contribution in [0, 0.1) is 5.82 Å². The van der Waals surface area contributed by atoms with Crippen LogP contribution >= 0.6 is 11.6 Å². The lowest BCUT2D eigenvalue weighted by Gasteiger charge is -2.22. The largest absolute Gasteiger partial charge is 0.329 e.